The van der Waals surface area contributed by atoms with Crippen LogP contribution in [0, 0.1) is 0 Å². The Labute approximate surface area is 201 Å². The fourth-order valence-corrected chi connectivity index (χ4v) is 4.13. The second-order valence-electron chi connectivity index (χ2n) is 8.14. The van der Waals surface area contributed by atoms with E-state index in [0.29, 0.717) is 6.42 Å². The molecule has 4 heteroatoms. The number of carbonyl (C=O) groups excluding carboxylic acids is 1. The number of carbonyl (C=O) groups is 1. The fourth-order valence-electron chi connectivity index (χ4n) is 4.13. The van der Waals surface area contributed by atoms with Crippen molar-refractivity contribution in [1.29, 1.82) is 0 Å². The molecule has 172 valence electrons. The van der Waals surface area contributed by atoms with Gasteiger partial charge < -0.3 is 14.8 Å². The number of nitrogens with one attached hydrogen (secondary N) is 1. The quantitative estimate of drug-likeness (QED) is 0.343. The summed E-state index contributed by atoms with van der Waals surface area (Å²) in [6.07, 6.45) is 0.651. The highest BCUT2D eigenvalue weighted by atomic mass is 16.5. The molecule has 0 heterocycles. The lowest BCUT2D eigenvalue weighted by Crippen LogP contribution is -2.34. The van der Waals surface area contributed by atoms with Gasteiger partial charge in [0, 0.05) is 0 Å². The summed E-state index contributed by atoms with van der Waals surface area (Å²) in [5, 5.41) is 3.33. The van der Waals surface area contributed by atoms with Crippen LogP contribution in [0.2, 0.25) is 0 Å². The summed E-state index contributed by atoms with van der Waals surface area (Å²) in [6.45, 7) is 0. The van der Waals surface area contributed by atoms with Crippen molar-refractivity contribution >= 4 is 5.91 Å². The van der Waals surface area contributed by atoms with Crippen LogP contribution in [0.4, 0.5) is 0 Å². The molecule has 4 aromatic rings. The predicted octanol–water partition coefficient (Wildman–Crippen LogP) is 5.94. The molecule has 0 saturated heterocycles. The number of rotatable bonds is 9. The van der Waals surface area contributed by atoms with E-state index in [1.807, 2.05) is 109 Å². The monoisotopic (exact) mass is 451 g/mol. The van der Waals surface area contributed by atoms with Crippen LogP contribution < -0.4 is 14.8 Å². The lowest BCUT2D eigenvalue weighted by atomic mass is 9.89. The van der Waals surface area contributed by atoms with E-state index >= 15 is 0 Å². The van der Waals surface area contributed by atoms with Crippen molar-refractivity contribution in [3.05, 3.63) is 131 Å². The second-order valence-corrected chi connectivity index (χ2v) is 8.14. The van der Waals surface area contributed by atoms with Gasteiger partial charge in [-0.25, -0.2) is 0 Å². The van der Waals surface area contributed by atoms with Gasteiger partial charge in [-0.1, -0.05) is 84.9 Å². The molecule has 4 rings (SSSR count). The third-order valence-electron chi connectivity index (χ3n) is 5.96. The first-order chi connectivity index (χ1) is 16.7. The molecule has 0 spiro atoms. The summed E-state index contributed by atoms with van der Waals surface area (Å²) in [5.74, 6) is 1.15. The van der Waals surface area contributed by atoms with Crippen LogP contribution in [-0.4, -0.2) is 20.1 Å². The van der Waals surface area contributed by atoms with Crippen LogP contribution >= 0.6 is 0 Å². The Hall–Kier alpha value is -4.05. The molecule has 0 saturated carbocycles. The molecule has 0 aromatic heterocycles. The molecule has 1 atom stereocenters. The van der Waals surface area contributed by atoms with Gasteiger partial charge in [-0.15, -0.1) is 0 Å². The van der Waals surface area contributed by atoms with Crippen LogP contribution in [0.3, 0.4) is 0 Å². The third-order valence-corrected chi connectivity index (χ3v) is 5.96. The molecule has 0 unspecified atom stereocenters. The van der Waals surface area contributed by atoms with Gasteiger partial charge in [0.15, 0.2) is 0 Å². The topological polar surface area (TPSA) is 47.6 Å². The van der Waals surface area contributed by atoms with E-state index in [4.69, 9.17) is 9.47 Å². The minimum Gasteiger partial charge on any atom is -0.497 e. The molecule has 0 aliphatic rings. The van der Waals surface area contributed by atoms with E-state index in [0.717, 1.165) is 33.8 Å². The van der Waals surface area contributed by atoms with Crippen molar-refractivity contribution in [3.63, 3.8) is 0 Å². The van der Waals surface area contributed by atoms with Gasteiger partial charge in [-0.05, 0) is 52.9 Å². The zero-order chi connectivity index (χ0) is 23.8. The standard InChI is InChI=1S/C30H29NO3/c1-33-26-17-13-22(14-18-26)21-28(23-15-19-27(34-2)20-16-23)31-30(32)29(24-9-5-3-6-10-24)25-11-7-4-8-12-25/h3-20,28-29H,21H2,1-2H3,(H,31,32)/t28-/m1/s1. The zero-order valence-corrected chi connectivity index (χ0v) is 19.5. The molecular weight excluding hydrogens is 422 g/mol. The molecule has 0 aliphatic carbocycles. The van der Waals surface area contributed by atoms with E-state index in [1.54, 1.807) is 14.2 Å². The van der Waals surface area contributed by atoms with Crippen molar-refractivity contribution in [3.8, 4) is 11.5 Å². The number of hydrogen-bond donors (Lipinski definition) is 1. The van der Waals surface area contributed by atoms with Crippen LogP contribution in [0.15, 0.2) is 109 Å². The van der Waals surface area contributed by atoms with Crippen molar-refractivity contribution < 1.29 is 14.3 Å². The molecule has 0 radical (unpaired) electrons. The minimum absolute atomic E-state index is 0.0354. The molecule has 4 nitrogen and oxygen atoms in total. The van der Waals surface area contributed by atoms with Crippen LogP contribution in [-0.2, 0) is 11.2 Å². The summed E-state index contributed by atoms with van der Waals surface area (Å²) in [7, 11) is 3.30. The van der Waals surface area contributed by atoms with Crippen LogP contribution in [0.25, 0.3) is 0 Å². The average molecular weight is 452 g/mol. The van der Waals surface area contributed by atoms with Crippen molar-refractivity contribution in [2.45, 2.75) is 18.4 Å². The first kappa shape index (κ1) is 23.1. The summed E-state index contributed by atoms with van der Waals surface area (Å²) < 4.78 is 10.6. The van der Waals surface area contributed by atoms with Gasteiger partial charge in [-0.3, -0.25) is 4.79 Å². The first-order valence-corrected chi connectivity index (χ1v) is 11.3. The Morgan fingerprint density at radius 2 is 1.12 bits per heavy atom. The van der Waals surface area contributed by atoms with Gasteiger partial charge in [-0.2, -0.15) is 0 Å². The zero-order valence-electron chi connectivity index (χ0n) is 19.5. The van der Waals surface area contributed by atoms with E-state index in [1.165, 1.54) is 0 Å². The minimum atomic E-state index is -0.404. The van der Waals surface area contributed by atoms with Crippen molar-refractivity contribution in [1.82, 2.24) is 5.32 Å². The van der Waals surface area contributed by atoms with Gasteiger partial charge in [0.1, 0.15) is 11.5 Å². The van der Waals surface area contributed by atoms with Gasteiger partial charge >= 0.3 is 0 Å². The fraction of sp³-hybridized carbons (Fsp3) is 0.167. The molecule has 0 bridgehead atoms. The molecule has 4 aromatic carbocycles. The summed E-state index contributed by atoms with van der Waals surface area (Å²) in [6, 6.07) is 35.4. The van der Waals surface area contributed by atoms with Crippen molar-refractivity contribution in [2.24, 2.45) is 0 Å². The van der Waals surface area contributed by atoms with Gasteiger partial charge in [0.05, 0.1) is 26.2 Å². The largest absolute Gasteiger partial charge is 0.497 e. The molecule has 1 N–H and O–H groups in total. The Kier molecular flexibility index (Phi) is 7.61. The normalized spacial score (nSPS) is 11.6. The second kappa shape index (κ2) is 11.2. The Morgan fingerprint density at radius 1 is 0.647 bits per heavy atom. The Bertz CT molecular complexity index is 1130. The SMILES string of the molecule is COc1ccc(C[C@@H](NC(=O)C(c2ccccc2)c2ccccc2)c2ccc(OC)cc2)cc1. The maximum Gasteiger partial charge on any atom is 0.232 e. The smallest absolute Gasteiger partial charge is 0.232 e. The Morgan fingerprint density at radius 3 is 1.59 bits per heavy atom. The van der Waals surface area contributed by atoms with Crippen LogP contribution in [0.1, 0.15) is 34.2 Å². The van der Waals surface area contributed by atoms with E-state index in [-0.39, 0.29) is 11.9 Å². The van der Waals surface area contributed by atoms with E-state index < -0.39 is 5.92 Å². The maximum absolute atomic E-state index is 13.8. The molecule has 0 aliphatic heterocycles. The highest BCUT2D eigenvalue weighted by molar-refractivity contribution is 5.87. The highest BCUT2D eigenvalue weighted by Crippen LogP contribution is 2.28. The molecule has 1 amide bonds. The summed E-state index contributed by atoms with van der Waals surface area (Å²) >= 11 is 0. The number of benzene rings is 4. The number of hydrogen-bond acceptors (Lipinski definition) is 3. The number of methoxy groups -OCH3 is 2. The highest BCUT2D eigenvalue weighted by Gasteiger charge is 2.25. The average Bonchev–Trinajstić information content (AvgIpc) is 2.90. The molecular formula is C30H29NO3. The maximum atomic E-state index is 13.8. The van der Waals surface area contributed by atoms with Crippen LogP contribution in [0.5, 0.6) is 11.5 Å². The number of amides is 1. The molecule has 0 fully saturated rings. The lowest BCUT2D eigenvalue weighted by Gasteiger charge is -2.24. The lowest BCUT2D eigenvalue weighted by molar-refractivity contribution is -0.122. The van der Waals surface area contributed by atoms with Gasteiger partial charge in [0.25, 0.3) is 0 Å². The molecule has 34 heavy (non-hydrogen) atoms. The predicted molar refractivity (Wildman–Crippen MR) is 135 cm³/mol. The van der Waals surface area contributed by atoms with Crippen molar-refractivity contribution in [2.75, 3.05) is 14.2 Å². The van der Waals surface area contributed by atoms with E-state index in [2.05, 4.69) is 5.32 Å². The first-order valence-electron chi connectivity index (χ1n) is 11.3. The van der Waals surface area contributed by atoms with E-state index in [9.17, 15) is 4.79 Å². The third kappa shape index (κ3) is 5.65. The van der Waals surface area contributed by atoms with Gasteiger partial charge in [0.2, 0.25) is 5.91 Å². The summed E-state index contributed by atoms with van der Waals surface area (Å²) in [5.41, 5.74) is 4.05. The Balaban J connectivity index is 1.65. The summed E-state index contributed by atoms with van der Waals surface area (Å²) in [4.78, 5) is 13.8. The number of ether oxygens (including phenoxy) is 2.